The number of thioether (sulfide) groups is 1. The van der Waals surface area contributed by atoms with Crippen molar-refractivity contribution in [1.82, 2.24) is 10.2 Å². The highest BCUT2D eigenvalue weighted by Gasteiger charge is 2.16. The van der Waals surface area contributed by atoms with Gasteiger partial charge < -0.3 is 9.52 Å². The Bertz CT molecular complexity index is 670. The quantitative estimate of drug-likeness (QED) is 0.506. The van der Waals surface area contributed by atoms with Gasteiger partial charge in [-0.05, 0) is 13.0 Å². The first-order chi connectivity index (χ1) is 9.47. The molecule has 0 unspecified atom stereocenters. The number of benzene rings is 1. The predicted molar refractivity (Wildman–Crippen MR) is 69.5 cm³/mol. The fourth-order valence-corrected chi connectivity index (χ4v) is 1.93. The molecule has 0 bridgehead atoms. The molecule has 104 valence electrons. The highest BCUT2D eigenvalue weighted by atomic mass is 32.2. The second kappa shape index (κ2) is 5.70. The standard InChI is InChI=1S/C11H9N3O5S/c1-6-2-3-7(4-8(6)14(17)18)10-12-13-11(19-10)20-5-9(15)16/h2-4H,5H2,1H3,(H,15,16). The van der Waals surface area contributed by atoms with Crippen LogP contribution in [-0.2, 0) is 4.79 Å². The van der Waals surface area contributed by atoms with Crippen LogP contribution in [-0.4, -0.2) is 31.9 Å². The molecule has 0 atom stereocenters. The van der Waals surface area contributed by atoms with Crippen molar-refractivity contribution in [2.75, 3.05) is 5.75 Å². The Balaban J connectivity index is 2.26. The van der Waals surface area contributed by atoms with Crippen molar-refractivity contribution in [2.24, 2.45) is 0 Å². The Morgan fingerprint density at radius 1 is 1.50 bits per heavy atom. The smallest absolute Gasteiger partial charge is 0.314 e. The first kappa shape index (κ1) is 14.0. The lowest BCUT2D eigenvalue weighted by molar-refractivity contribution is -0.385. The maximum absolute atomic E-state index is 10.9. The number of aliphatic carboxylic acids is 1. The minimum absolute atomic E-state index is 0.0413. The molecule has 0 aliphatic carbocycles. The summed E-state index contributed by atoms with van der Waals surface area (Å²) in [7, 11) is 0. The number of nitro benzene ring substituents is 1. The van der Waals surface area contributed by atoms with Crippen LogP contribution in [0.5, 0.6) is 0 Å². The van der Waals surface area contributed by atoms with Gasteiger partial charge in [0.15, 0.2) is 0 Å². The van der Waals surface area contributed by atoms with Gasteiger partial charge in [-0.2, -0.15) is 0 Å². The van der Waals surface area contributed by atoms with E-state index in [-0.39, 0.29) is 22.6 Å². The topological polar surface area (TPSA) is 119 Å². The summed E-state index contributed by atoms with van der Waals surface area (Å²) in [5, 5.41) is 26.9. The summed E-state index contributed by atoms with van der Waals surface area (Å²) in [6, 6.07) is 4.55. The summed E-state index contributed by atoms with van der Waals surface area (Å²) in [6.45, 7) is 1.63. The van der Waals surface area contributed by atoms with E-state index >= 15 is 0 Å². The molecule has 2 rings (SSSR count). The number of aromatic nitrogens is 2. The number of hydrogen-bond acceptors (Lipinski definition) is 7. The molecule has 0 amide bonds. The summed E-state index contributed by atoms with van der Waals surface area (Å²) in [5.74, 6) is -1.09. The average Bonchev–Trinajstić information content (AvgIpc) is 2.85. The average molecular weight is 295 g/mol. The normalized spacial score (nSPS) is 10.4. The van der Waals surface area contributed by atoms with E-state index in [9.17, 15) is 14.9 Å². The number of carboxylic acids is 1. The lowest BCUT2D eigenvalue weighted by atomic mass is 10.1. The Kier molecular flexibility index (Phi) is 3.99. The number of hydrogen-bond donors (Lipinski definition) is 1. The first-order valence-electron chi connectivity index (χ1n) is 5.41. The zero-order valence-corrected chi connectivity index (χ0v) is 11.1. The van der Waals surface area contributed by atoms with Gasteiger partial charge in [0.25, 0.3) is 10.9 Å². The lowest BCUT2D eigenvalue weighted by Crippen LogP contribution is -1.97. The molecule has 0 spiro atoms. The van der Waals surface area contributed by atoms with Gasteiger partial charge in [0, 0.05) is 17.2 Å². The zero-order valence-electron chi connectivity index (χ0n) is 10.3. The van der Waals surface area contributed by atoms with E-state index in [4.69, 9.17) is 9.52 Å². The molecule has 0 fully saturated rings. The van der Waals surface area contributed by atoms with E-state index in [1.165, 1.54) is 6.07 Å². The van der Waals surface area contributed by atoms with Crippen LogP contribution in [0.2, 0.25) is 0 Å². The van der Waals surface area contributed by atoms with Crippen molar-refractivity contribution in [3.8, 4) is 11.5 Å². The zero-order chi connectivity index (χ0) is 14.7. The summed E-state index contributed by atoms with van der Waals surface area (Å²) in [6.07, 6.45) is 0. The molecule has 20 heavy (non-hydrogen) atoms. The summed E-state index contributed by atoms with van der Waals surface area (Å²) >= 11 is 0.884. The molecular weight excluding hydrogens is 286 g/mol. The van der Waals surface area contributed by atoms with Crippen LogP contribution in [0.15, 0.2) is 27.8 Å². The number of aryl methyl sites for hydroxylation is 1. The Morgan fingerprint density at radius 2 is 2.25 bits per heavy atom. The second-order valence-corrected chi connectivity index (χ2v) is 4.74. The van der Waals surface area contributed by atoms with Crippen LogP contribution < -0.4 is 0 Å². The largest absolute Gasteiger partial charge is 0.481 e. The third-order valence-electron chi connectivity index (χ3n) is 2.38. The van der Waals surface area contributed by atoms with Gasteiger partial charge >= 0.3 is 5.97 Å². The van der Waals surface area contributed by atoms with Crippen LogP contribution in [0.25, 0.3) is 11.5 Å². The minimum atomic E-state index is -0.999. The van der Waals surface area contributed by atoms with Gasteiger partial charge in [-0.3, -0.25) is 14.9 Å². The van der Waals surface area contributed by atoms with Crippen LogP contribution in [0.3, 0.4) is 0 Å². The fraction of sp³-hybridized carbons (Fsp3) is 0.182. The number of carboxylic acid groups (broad SMARTS) is 1. The van der Waals surface area contributed by atoms with Crippen LogP contribution in [0.1, 0.15) is 5.56 Å². The van der Waals surface area contributed by atoms with E-state index in [0.717, 1.165) is 11.8 Å². The summed E-state index contributed by atoms with van der Waals surface area (Å²) in [4.78, 5) is 20.8. The first-order valence-corrected chi connectivity index (χ1v) is 6.39. The van der Waals surface area contributed by atoms with E-state index in [1.807, 2.05) is 0 Å². The Hall–Kier alpha value is -2.42. The number of nitro groups is 1. The van der Waals surface area contributed by atoms with E-state index in [1.54, 1.807) is 19.1 Å². The molecular formula is C11H9N3O5S. The number of nitrogens with zero attached hydrogens (tertiary/aromatic N) is 3. The van der Waals surface area contributed by atoms with Gasteiger partial charge in [-0.1, -0.05) is 17.8 Å². The van der Waals surface area contributed by atoms with Crippen molar-refractivity contribution >= 4 is 23.4 Å². The molecule has 1 N–H and O–H groups in total. The molecule has 0 aliphatic heterocycles. The summed E-state index contributed by atoms with van der Waals surface area (Å²) < 4.78 is 5.25. The lowest BCUT2D eigenvalue weighted by Gasteiger charge is -1.98. The second-order valence-electron chi connectivity index (χ2n) is 3.81. The van der Waals surface area contributed by atoms with Gasteiger partial charge in [-0.25, -0.2) is 0 Å². The molecule has 1 heterocycles. The molecule has 1 aromatic carbocycles. The third-order valence-corrected chi connectivity index (χ3v) is 3.18. The van der Waals surface area contributed by atoms with Crippen LogP contribution in [0, 0.1) is 17.0 Å². The highest BCUT2D eigenvalue weighted by molar-refractivity contribution is 7.99. The highest BCUT2D eigenvalue weighted by Crippen LogP contribution is 2.27. The monoisotopic (exact) mass is 295 g/mol. The minimum Gasteiger partial charge on any atom is -0.481 e. The van der Waals surface area contributed by atoms with E-state index < -0.39 is 10.9 Å². The fourth-order valence-electron chi connectivity index (χ4n) is 1.45. The number of rotatable bonds is 5. The predicted octanol–water partition coefficient (Wildman–Crippen LogP) is 2.13. The molecule has 8 nitrogen and oxygen atoms in total. The SMILES string of the molecule is Cc1ccc(-c2nnc(SCC(=O)O)o2)cc1[N+](=O)[O-]. The Morgan fingerprint density at radius 3 is 2.90 bits per heavy atom. The maximum Gasteiger partial charge on any atom is 0.314 e. The van der Waals surface area contributed by atoms with E-state index in [0.29, 0.717) is 11.1 Å². The van der Waals surface area contributed by atoms with Gasteiger partial charge in [0.2, 0.25) is 5.89 Å². The maximum atomic E-state index is 10.9. The van der Waals surface area contributed by atoms with Crippen molar-refractivity contribution in [3.63, 3.8) is 0 Å². The molecule has 0 aliphatic rings. The molecule has 1 aromatic heterocycles. The van der Waals surface area contributed by atoms with Crippen LogP contribution in [0.4, 0.5) is 5.69 Å². The van der Waals surface area contributed by atoms with Gasteiger partial charge in [0.1, 0.15) is 5.75 Å². The third kappa shape index (κ3) is 3.12. The number of carbonyl (C=O) groups is 1. The summed E-state index contributed by atoms with van der Waals surface area (Å²) in [5.41, 5.74) is 0.899. The van der Waals surface area contributed by atoms with Gasteiger partial charge in [0.05, 0.1) is 4.92 Å². The van der Waals surface area contributed by atoms with Crippen molar-refractivity contribution in [1.29, 1.82) is 0 Å². The van der Waals surface area contributed by atoms with Gasteiger partial charge in [-0.15, -0.1) is 10.2 Å². The van der Waals surface area contributed by atoms with Crippen molar-refractivity contribution < 1.29 is 19.2 Å². The van der Waals surface area contributed by atoms with Crippen molar-refractivity contribution in [3.05, 3.63) is 33.9 Å². The van der Waals surface area contributed by atoms with Crippen molar-refractivity contribution in [2.45, 2.75) is 12.1 Å². The van der Waals surface area contributed by atoms with E-state index in [2.05, 4.69) is 10.2 Å². The molecule has 2 aromatic rings. The molecule has 0 radical (unpaired) electrons. The molecule has 0 saturated carbocycles. The Labute approximate surface area is 117 Å². The molecule has 0 saturated heterocycles. The molecule has 9 heteroatoms. The van der Waals surface area contributed by atoms with Crippen LogP contribution >= 0.6 is 11.8 Å².